The molecule has 1 saturated carbocycles. The van der Waals surface area contributed by atoms with Gasteiger partial charge < -0.3 is 19.5 Å². The first-order valence-corrected chi connectivity index (χ1v) is 14.1. The Morgan fingerprint density at radius 1 is 1.18 bits per heavy atom. The highest BCUT2D eigenvalue weighted by Gasteiger charge is 2.53. The summed E-state index contributed by atoms with van der Waals surface area (Å²) in [4.78, 5) is 29.2. The number of fused-ring (bicyclic) bond motifs is 6. The summed E-state index contributed by atoms with van der Waals surface area (Å²) in [5.41, 5.74) is -0.533. The number of nitrogens with zero attached hydrogens (tertiary/aromatic N) is 3. The summed E-state index contributed by atoms with van der Waals surface area (Å²) in [6.07, 6.45) is 6.75. The molecule has 1 spiro atoms. The van der Waals surface area contributed by atoms with Gasteiger partial charge in [-0.1, -0.05) is 13.0 Å². The summed E-state index contributed by atoms with van der Waals surface area (Å²) in [5, 5.41) is 14.6. The zero-order valence-electron chi connectivity index (χ0n) is 22.1. The molecule has 1 fully saturated rings. The van der Waals surface area contributed by atoms with Crippen LogP contribution in [0.4, 0.5) is 8.78 Å². The largest absolute Gasteiger partial charge is 0.502 e. The number of carbonyl (C=O) groups excluding carboxylic acids is 1. The summed E-state index contributed by atoms with van der Waals surface area (Å²) >= 11 is 1.49. The first-order chi connectivity index (χ1) is 19.3. The van der Waals surface area contributed by atoms with E-state index in [0.717, 1.165) is 22.9 Å². The number of carbonyl (C=O) groups is 1. The third-order valence-electron chi connectivity index (χ3n) is 7.94. The van der Waals surface area contributed by atoms with E-state index in [1.165, 1.54) is 34.3 Å². The number of halogens is 2. The molecule has 3 aliphatic rings. The highest BCUT2D eigenvalue weighted by Crippen LogP contribution is 2.46. The van der Waals surface area contributed by atoms with E-state index in [2.05, 4.69) is 0 Å². The molecule has 1 aliphatic carbocycles. The third kappa shape index (κ3) is 4.10. The molecule has 2 aromatic heterocycles. The van der Waals surface area contributed by atoms with Crippen molar-refractivity contribution in [3.05, 3.63) is 91.6 Å². The average molecular weight is 570 g/mol. The van der Waals surface area contributed by atoms with Gasteiger partial charge in [0.05, 0.1) is 11.6 Å². The minimum atomic E-state index is -1.11. The molecule has 1 N–H and O–H groups in total. The van der Waals surface area contributed by atoms with Gasteiger partial charge in [0.25, 0.3) is 5.91 Å². The first kappa shape index (κ1) is 26.5. The molecule has 3 aromatic rings. The molecule has 40 heavy (non-hydrogen) atoms. The van der Waals surface area contributed by atoms with E-state index in [1.807, 2.05) is 31.4 Å². The fraction of sp³-hybridized carbons (Fsp3) is 0.379. The van der Waals surface area contributed by atoms with Gasteiger partial charge in [0, 0.05) is 42.2 Å². The van der Waals surface area contributed by atoms with Crippen molar-refractivity contribution >= 4 is 17.2 Å². The lowest BCUT2D eigenvalue weighted by Crippen LogP contribution is -2.67. The first-order valence-electron chi connectivity index (χ1n) is 13.2. The molecular weight excluding hydrogens is 540 g/mol. The van der Waals surface area contributed by atoms with Gasteiger partial charge in [-0.2, -0.15) is 4.39 Å². The van der Waals surface area contributed by atoms with E-state index in [0.29, 0.717) is 25.0 Å². The highest BCUT2D eigenvalue weighted by atomic mass is 32.1. The number of ether oxygens (including phenoxy) is 2. The second-order valence-electron chi connectivity index (χ2n) is 10.4. The Bertz CT molecular complexity index is 1560. The van der Waals surface area contributed by atoms with E-state index in [4.69, 9.17) is 9.47 Å². The van der Waals surface area contributed by atoms with Crippen LogP contribution >= 0.6 is 11.3 Å². The van der Waals surface area contributed by atoms with Gasteiger partial charge >= 0.3 is 0 Å². The monoisotopic (exact) mass is 569 g/mol. The molecule has 2 aliphatic heterocycles. The van der Waals surface area contributed by atoms with Crippen LogP contribution in [0, 0.1) is 18.6 Å². The minimum Gasteiger partial charge on any atom is -0.502 e. The number of thiophene rings is 1. The summed E-state index contributed by atoms with van der Waals surface area (Å²) in [6.45, 7) is 4.52. The van der Waals surface area contributed by atoms with E-state index < -0.39 is 40.3 Å². The van der Waals surface area contributed by atoms with Crippen molar-refractivity contribution < 1.29 is 28.2 Å². The predicted molar refractivity (Wildman–Crippen MR) is 146 cm³/mol. The number of aryl methyl sites for hydroxylation is 1. The molecule has 0 radical (unpaired) electrons. The Labute approximate surface area is 233 Å². The molecule has 4 heterocycles. The minimum absolute atomic E-state index is 0.0391. The number of rotatable bonds is 4. The van der Waals surface area contributed by atoms with Gasteiger partial charge in [-0.05, 0) is 48.6 Å². The van der Waals surface area contributed by atoms with Crippen LogP contribution in [0.5, 0.6) is 11.5 Å². The number of hydrogen-bond acceptors (Lipinski definition) is 7. The zero-order valence-corrected chi connectivity index (χ0v) is 22.9. The Balaban J connectivity index is 1.60. The zero-order chi connectivity index (χ0) is 28.2. The van der Waals surface area contributed by atoms with Crippen molar-refractivity contribution in [2.24, 2.45) is 0 Å². The average Bonchev–Trinajstić information content (AvgIpc) is 3.33. The van der Waals surface area contributed by atoms with Crippen molar-refractivity contribution in [3.8, 4) is 11.5 Å². The fourth-order valence-electron chi connectivity index (χ4n) is 5.94. The maximum atomic E-state index is 15.3. The molecule has 0 saturated heterocycles. The molecular formula is C29H29F2N3O5S. The highest BCUT2D eigenvalue weighted by molar-refractivity contribution is 7.10. The maximum Gasteiger partial charge on any atom is 0.278 e. The second kappa shape index (κ2) is 10.0. The van der Waals surface area contributed by atoms with Gasteiger partial charge in [0.15, 0.2) is 23.0 Å². The van der Waals surface area contributed by atoms with Crippen molar-refractivity contribution in [1.29, 1.82) is 0 Å². The molecule has 1 unspecified atom stereocenters. The Kier molecular flexibility index (Phi) is 6.66. The van der Waals surface area contributed by atoms with E-state index in [-0.39, 0.29) is 30.8 Å². The molecule has 1 aromatic carbocycles. The van der Waals surface area contributed by atoms with Crippen LogP contribution < -0.4 is 15.2 Å². The molecule has 6 rings (SSSR count). The molecule has 2 bridgehead atoms. The van der Waals surface area contributed by atoms with Crippen LogP contribution in [-0.4, -0.2) is 52.1 Å². The molecule has 8 nitrogen and oxygen atoms in total. The van der Waals surface area contributed by atoms with Crippen LogP contribution in [0.3, 0.4) is 0 Å². The smallest absolute Gasteiger partial charge is 0.278 e. The van der Waals surface area contributed by atoms with Gasteiger partial charge in [0.1, 0.15) is 19.3 Å². The van der Waals surface area contributed by atoms with Crippen LogP contribution in [0.2, 0.25) is 0 Å². The number of pyridine rings is 1. The lowest BCUT2D eigenvalue weighted by atomic mass is 9.72. The number of hydrogen-bond donors (Lipinski definition) is 1. The van der Waals surface area contributed by atoms with Crippen molar-refractivity contribution in [1.82, 2.24) is 9.58 Å². The SMILES string of the molecule is CCCOC1CC2(/C=C/COc3c(ccc(F)c3F)C(c3ccsc3C)N3CN2C(=O)c2c(O)c(=O)ccn23)C1. The Hall–Kier alpha value is -3.70. The quantitative estimate of drug-likeness (QED) is 0.462. The van der Waals surface area contributed by atoms with Gasteiger partial charge in [-0.15, -0.1) is 11.3 Å². The van der Waals surface area contributed by atoms with Crippen LogP contribution in [-0.2, 0) is 4.74 Å². The summed E-state index contributed by atoms with van der Waals surface area (Å²) < 4.78 is 43.1. The van der Waals surface area contributed by atoms with Gasteiger partial charge in [0.2, 0.25) is 11.2 Å². The number of benzene rings is 1. The van der Waals surface area contributed by atoms with Crippen molar-refractivity contribution in [3.63, 3.8) is 0 Å². The van der Waals surface area contributed by atoms with Crippen molar-refractivity contribution in [2.75, 3.05) is 24.9 Å². The predicted octanol–water partition coefficient (Wildman–Crippen LogP) is 4.62. The third-order valence-corrected chi connectivity index (χ3v) is 8.80. The van der Waals surface area contributed by atoms with Gasteiger partial charge in [-0.25, -0.2) is 4.39 Å². The normalized spacial score (nSPS) is 24.6. The van der Waals surface area contributed by atoms with Crippen LogP contribution in [0.15, 0.2) is 52.8 Å². The van der Waals surface area contributed by atoms with Crippen molar-refractivity contribution in [2.45, 2.75) is 50.8 Å². The molecule has 1 amide bonds. The van der Waals surface area contributed by atoms with E-state index in [1.54, 1.807) is 16.0 Å². The summed E-state index contributed by atoms with van der Waals surface area (Å²) in [7, 11) is 0. The maximum absolute atomic E-state index is 15.3. The van der Waals surface area contributed by atoms with E-state index in [9.17, 15) is 19.1 Å². The lowest BCUT2D eigenvalue weighted by Gasteiger charge is -2.56. The number of aromatic hydroxyl groups is 1. The fourth-order valence-corrected chi connectivity index (χ4v) is 6.67. The lowest BCUT2D eigenvalue weighted by molar-refractivity contribution is -0.0780. The van der Waals surface area contributed by atoms with Crippen LogP contribution in [0.25, 0.3) is 0 Å². The van der Waals surface area contributed by atoms with E-state index >= 15 is 4.39 Å². The molecule has 11 heteroatoms. The summed E-state index contributed by atoms with van der Waals surface area (Å²) in [5.74, 6) is -3.55. The summed E-state index contributed by atoms with van der Waals surface area (Å²) in [6, 6.07) is 4.86. The Morgan fingerprint density at radius 2 is 1.98 bits per heavy atom. The van der Waals surface area contributed by atoms with Gasteiger partial charge in [-0.3, -0.25) is 19.3 Å². The topological polar surface area (TPSA) is 84.2 Å². The number of amides is 1. The standard InChI is InChI=1S/C29H29F2N3O5S/c1-3-11-38-18-14-29(15-18)9-4-12-39-27-20(5-6-21(30)23(27)31)24(19-8-13-40-17(19)2)34-16-32(29)28(37)25-26(36)22(35)7-10-33(25)34/h4-10,13,18,24,36H,3,11-12,14-16H2,1-2H3/b9-4+. The second-order valence-corrected chi connectivity index (χ2v) is 11.5. The molecule has 1 atom stereocenters. The molecule has 210 valence electrons. The number of aromatic nitrogens is 1. The van der Waals surface area contributed by atoms with Crippen LogP contribution in [0.1, 0.15) is 58.7 Å². The Morgan fingerprint density at radius 3 is 2.70 bits per heavy atom.